The highest BCUT2D eigenvalue weighted by molar-refractivity contribution is 7.89. The molecule has 0 unspecified atom stereocenters. The Balaban J connectivity index is 1.96. The summed E-state index contributed by atoms with van der Waals surface area (Å²) < 4.78 is 25.9. The fraction of sp³-hybridized carbons (Fsp3) is 0.0909. The van der Waals surface area contributed by atoms with E-state index < -0.39 is 10.0 Å². The summed E-state index contributed by atoms with van der Waals surface area (Å²) in [4.78, 5) is 8.07. The summed E-state index contributed by atoms with van der Waals surface area (Å²) in [5.41, 5.74) is 6.93. The Morgan fingerprint density at radius 2 is 2.11 bits per heavy atom. The van der Waals surface area contributed by atoms with Crippen molar-refractivity contribution >= 4 is 27.3 Å². The van der Waals surface area contributed by atoms with Crippen LogP contribution in [0.2, 0.25) is 0 Å². The van der Waals surface area contributed by atoms with Gasteiger partial charge in [0.2, 0.25) is 10.0 Å². The number of nitrogen functional groups attached to an aromatic ring is 1. The van der Waals surface area contributed by atoms with E-state index in [-0.39, 0.29) is 0 Å². The zero-order valence-corrected chi connectivity index (χ0v) is 10.6. The summed E-state index contributed by atoms with van der Waals surface area (Å²) in [6.07, 6.45) is 1.34. The molecule has 0 aliphatic carbocycles. The van der Waals surface area contributed by atoms with Gasteiger partial charge in [-0.2, -0.15) is 0 Å². The van der Waals surface area contributed by atoms with Crippen LogP contribution in [0.15, 0.2) is 35.5 Å². The molecule has 0 bridgehead atoms. The van der Waals surface area contributed by atoms with E-state index in [0.29, 0.717) is 28.8 Å². The molecule has 19 heavy (non-hydrogen) atoms. The van der Waals surface area contributed by atoms with Gasteiger partial charge in [-0.3, -0.25) is 0 Å². The molecule has 8 heteroatoms. The standard InChI is InChI=1S/C11H11N5O2S/c12-10-4-11(14-6-13-10)16-8-2-1-7-5-15-19(17,18)9(7)3-8/h1-4,6,15H,5H2,(H3,12,13,14,16). The molecule has 2 heterocycles. The van der Waals surface area contributed by atoms with E-state index in [2.05, 4.69) is 20.0 Å². The summed E-state index contributed by atoms with van der Waals surface area (Å²) in [6, 6.07) is 6.70. The minimum atomic E-state index is -3.38. The van der Waals surface area contributed by atoms with E-state index in [1.165, 1.54) is 6.33 Å². The fourth-order valence-electron chi connectivity index (χ4n) is 1.87. The fourth-order valence-corrected chi connectivity index (χ4v) is 3.14. The predicted molar refractivity (Wildman–Crippen MR) is 70.2 cm³/mol. The molecule has 4 N–H and O–H groups in total. The Bertz CT molecular complexity index is 745. The molecule has 0 saturated carbocycles. The number of benzene rings is 1. The molecule has 0 spiro atoms. The normalized spacial score (nSPS) is 16.0. The predicted octanol–water partition coefficient (Wildman–Crippen LogP) is 0.594. The highest BCUT2D eigenvalue weighted by atomic mass is 32.2. The SMILES string of the molecule is Nc1cc(Nc2ccc3c(c2)S(=O)(=O)NC3)ncn1. The van der Waals surface area contributed by atoms with Gasteiger partial charge in [-0.1, -0.05) is 6.07 Å². The number of fused-ring (bicyclic) bond motifs is 1. The summed E-state index contributed by atoms with van der Waals surface area (Å²) >= 11 is 0. The van der Waals surface area contributed by atoms with Crippen molar-refractivity contribution in [3.8, 4) is 0 Å². The highest BCUT2D eigenvalue weighted by Gasteiger charge is 2.25. The van der Waals surface area contributed by atoms with Gasteiger partial charge < -0.3 is 11.1 Å². The summed E-state index contributed by atoms with van der Waals surface area (Å²) in [5.74, 6) is 0.851. The van der Waals surface area contributed by atoms with Crippen molar-refractivity contribution < 1.29 is 8.42 Å². The van der Waals surface area contributed by atoms with Crippen molar-refractivity contribution in [2.75, 3.05) is 11.1 Å². The summed E-state index contributed by atoms with van der Waals surface area (Å²) in [6.45, 7) is 0.332. The van der Waals surface area contributed by atoms with E-state index in [1.807, 2.05) is 0 Å². The molecular formula is C11H11N5O2S. The number of sulfonamides is 1. The number of nitrogens with two attached hydrogens (primary N) is 1. The van der Waals surface area contributed by atoms with Crippen LogP contribution in [-0.4, -0.2) is 18.4 Å². The Morgan fingerprint density at radius 1 is 1.26 bits per heavy atom. The number of anilines is 3. The number of hydrogen-bond donors (Lipinski definition) is 3. The van der Waals surface area contributed by atoms with Crippen LogP contribution < -0.4 is 15.8 Å². The molecule has 2 aromatic rings. The van der Waals surface area contributed by atoms with Crippen molar-refractivity contribution in [1.82, 2.24) is 14.7 Å². The Kier molecular flexibility index (Phi) is 2.61. The van der Waals surface area contributed by atoms with Gasteiger partial charge in [0.15, 0.2) is 0 Å². The third kappa shape index (κ3) is 2.23. The van der Waals surface area contributed by atoms with Crippen molar-refractivity contribution in [3.05, 3.63) is 36.2 Å². The topological polar surface area (TPSA) is 110 Å². The van der Waals surface area contributed by atoms with Gasteiger partial charge in [-0.15, -0.1) is 0 Å². The van der Waals surface area contributed by atoms with Crippen LogP contribution in [0.5, 0.6) is 0 Å². The lowest BCUT2D eigenvalue weighted by Crippen LogP contribution is -2.13. The summed E-state index contributed by atoms with van der Waals surface area (Å²) in [5, 5.41) is 2.99. The first-order valence-electron chi connectivity index (χ1n) is 5.52. The lowest BCUT2D eigenvalue weighted by atomic mass is 10.2. The van der Waals surface area contributed by atoms with Crippen molar-refractivity contribution in [2.24, 2.45) is 0 Å². The van der Waals surface area contributed by atoms with Crippen LogP contribution in [0.4, 0.5) is 17.3 Å². The average Bonchev–Trinajstić information content (AvgIpc) is 2.66. The van der Waals surface area contributed by atoms with Gasteiger partial charge in [-0.05, 0) is 17.7 Å². The monoisotopic (exact) mass is 277 g/mol. The lowest BCUT2D eigenvalue weighted by molar-refractivity contribution is 0.589. The third-order valence-corrected chi connectivity index (χ3v) is 4.25. The van der Waals surface area contributed by atoms with Crippen LogP contribution in [0.1, 0.15) is 5.56 Å². The number of hydrogen-bond acceptors (Lipinski definition) is 6. The Hall–Kier alpha value is -2.19. The third-order valence-electron chi connectivity index (χ3n) is 2.77. The van der Waals surface area contributed by atoms with Crippen LogP contribution >= 0.6 is 0 Å². The van der Waals surface area contributed by atoms with E-state index in [1.54, 1.807) is 24.3 Å². The zero-order valence-electron chi connectivity index (χ0n) is 9.79. The second kappa shape index (κ2) is 4.18. The van der Waals surface area contributed by atoms with Gasteiger partial charge in [-0.25, -0.2) is 23.1 Å². The van der Waals surface area contributed by atoms with Crippen LogP contribution in [-0.2, 0) is 16.6 Å². The van der Waals surface area contributed by atoms with Gasteiger partial charge in [0.05, 0.1) is 4.90 Å². The second-order valence-electron chi connectivity index (χ2n) is 4.10. The van der Waals surface area contributed by atoms with Gasteiger partial charge in [0.1, 0.15) is 18.0 Å². The van der Waals surface area contributed by atoms with E-state index in [9.17, 15) is 8.42 Å². The van der Waals surface area contributed by atoms with Gasteiger partial charge in [0.25, 0.3) is 0 Å². The first kappa shape index (κ1) is 11.9. The van der Waals surface area contributed by atoms with Gasteiger partial charge >= 0.3 is 0 Å². The lowest BCUT2D eigenvalue weighted by Gasteiger charge is -2.07. The molecule has 0 radical (unpaired) electrons. The van der Waals surface area contributed by atoms with Crippen LogP contribution in [0.3, 0.4) is 0 Å². The minimum absolute atomic E-state index is 0.291. The van der Waals surface area contributed by atoms with Crippen LogP contribution in [0.25, 0.3) is 0 Å². The maximum absolute atomic E-state index is 11.7. The largest absolute Gasteiger partial charge is 0.384 e. The maximum Gasteiger partial charge on any atom is 0.241 e. The number of aromatic nitrogens is 2. The molecule has 1 aliphatic rings. The van der Waals surface area contributed by atoms with E-state index in [4.69, 9.17) is 5.73 Å². The second-order valence-corrected chi connectivity index (χ2v) is 5.84. The molecule has 98 valence electrons. The van der Waals surface area contributed by atoms with Gasteiger partial charge in [0, 0.05) is 18.3 Å². The quantitative estimate of drug-likeness (QED) is 0.741. The van der Waals surface area contributed by atoms with Crippen LogP contribution in [0, 0.1) is 0 Å². The molecule has 3 rings (SSSR count). The number of nitrogens with one attached hydrogen (secondary N) is 2. The Labute approximate surface area is 109 Å². The number of nitrogens with zero attached hydrogens (tertiary/aromatic N) is 2. The molecule has 0 amide bonds. The Morgan fingerprint density at radius 3 is 2.89 bits per heavy atom. The van der Waals surface area contributed by atoms with E-state index >= 15 is 0 Å². The van der Waals surface area contributed by atoms with E-state index in [0.717, 1.165) is 5.56 Å². The molecule has 0 fully saturated rings. The molecule has 0 atom stereocenters. The highest BCUT2D eigenvalue weighted by Crippen LogP contribution is 2.26. The first-order valence-corrected chi connectivity index (χ1v) is 7.00. The molecule has 0 saturated heterocycles. The van der Waals surface area contributed by atoms with Crippen molar-refractivity contribution in [3.63, 3.8) is 0 Å². The maximum atomic E-state index is 11.7. The van der Waals surface area contributed by atoms with Crippen molar-refractivity contribution in [1.29, 1.82) is 0 Å². The smallest absolute Gasteiger partial charge is 0.241 e. The zero-order chi connectivity index (χ0) is 13.5. The number of rotatable bonds is 2. The molecule has 1 aromatic carbocycles. The average molecular weight is 277 g/mol. The molecule has 1 aliphatic heterocycles. The minimum Gasteiger partial charge on any atom is -0.384 e. The molecular weight excluding hydrogens is 266 g/mol. The first-order chi connectivity index (χ1) is 9.04. The summed E-state index contributed by atoms with van der Waals surface area (Å²) in [7, 11) is -3.38. The molecule has 7 nitrogen and oxygen atoms in total. The van der Waals surface area contributed by atoms with Crippen molar-refractivity contribution in [2.45, 2.75) is 11.4 Å². The molecule has 1 aromatic heterocycles.